The van der Waals surface area contributed by atoms with Gasteiger partial charge in [0.15, 0.2) is 0 Å². The van der Waals surface area contributed by atoms with E-state index in [4.69, 9.17) is 0 Å². The predicted molar refractivity (Wildman–Crippen MR) is 135 cm³/mol. The summed E-state index contributed by atoms with van der Waals surface area (Å²) in [6.45, 7) is 4.60. The molecule has 176 valence electrons. The van der Waals surface area contributed by atoms with Gasteiger partial charge in [0.1, 0.15) is 11.9 Å². The van der Waals surface area contributed by atoms with Gasteiger partial charge in [-0.1, -0.05) is 117 Å². The molecule has 1 rings (SSSR count). The Balaban J connectivity index is 2.23. The Morgan fingerprint density at radius 1 is 0.600 bits per heavy atom. The highest BCUT2D eigenvalue weighted by atomic mass is 15.2. The monoisotopic (exact) mass is 419 g/mol. The lowest BCUT2D eigenvalue weighted by Gasteiger charge is -2.28. The van der Waals surface area contributed by atoms with Crippen LogP contribution in [0, 0.1) is 0 Å². The van der Waals surface area contributed by atoms with Crippen molar-refractivity contribution in [1.29, 1.82) is 0 Å². The van der Waals surface area contributed by atoms with Gasteiger partial charge in [0.2, 0.25) is 0 Å². The summed E-state index contributed by atoms with van der Waals surface area (Å²) in [7, 11) is 4.57. The molecule has 0 saturated carbocycles. The summed E-state index contributed by atoms with van der Waals surface area (Å²) in [6, 6.07) is 0. The summed E-state index contributed by atoms with van der Waals surface area (Å²) in [6.07, 6.45) is 32.6. The average molecular weight is 420 g/mol. The van der Waals surface area contributed by atoms with Crippen molar-refractivity contribution in [3.05, 3.63) is 23.8 Å². The van der Waals surface area contributed by atoms with Crippen LogP contribution < -0.4 is 4.90 Å². The van der Waals surface area contributed by atoms with Crippen LogP contribution in [0.3, 0.4) is 0 Å². The summed E-state index contributed by atoms with van der Waals surface area (Å²) in [5, 5.41) is 0. The van der Waals surface area contributed by atoms with Crippen LogP contribution in [0.15, 0.2) is 23.8 Å². The van der Waals surface area contributed by atoms with Gasteiger partial charge in [0.05, 0.1) is 18.9 Å². The molecule has 0 aromatic rings. The fourth-order valence-corrected chi connectivity index (χ4v) is 4.74. The van der Waals surface area contributed by atoms with Crippen molar-refractivity contribution in [2.45, 2.75) is 142 Å². The maximum atomic E-state index is 2.40. The summed E-state index contributed by atoms with van der Waals surface area (Å²) in [5.41, 5.74) is 3.26. The van der Waals surface area contributed by atoms with E-state index in [9.17, 15) is 0 Å². The molecule has 0 fully saturated rings. The topological polar surface area (TPSA) is 7.68 Å². The molecule has 0 radical (unpaired) electrons. The molecule has 0 amide bonds. The molecule has 1 heterocycles. The van der Waals surface area contributed by atoms with E-state index < -0.39 is 0 Å². The van der Waals surface area contributed by atoms with Gasteiger partial charge >= 0.3 is 0 Å². The molecule has 2 nitrogen and oxygen atoms in total. The lowest BCUT2D eigenvalue weighted by molar-refractivity contribution is -0.786. The van der Waals surface area contributed by atoms with Crippen molar-refractivity contribution >= 4 is 0 Å². The maximum absolute atomic E-state index is 2.40. The van der Waals surface area contributed by atoms with E-state index in [1.54, 1.807) is 11.4 Å². The first-order valence-corrected chi connectivity index (χ1v) is 13.7. The van der Waals surface area contributed by atoms with Crippen LogP contribution in [0.5, 0.6) is 0 Å². The number of nitrogens with one attached hydrogen (secondary N) is 1. The van der Waals surface area contributed by atoms with Gasteiger partial charge < -0.3 is 4.90 Å². The zero-order valence-electron chi connectivity index (χ0n) is 21.2. The number of unbranched alkanes of at least 4 members (excludes halogenated alkanes) is 16. The van der Waals surface area contributed by atoms with Crippen molar-refractivity contribution in [2.75, 3.05) is 14.1 Å². The van der Waals surface area contributed by atoms with Crippen LogP contribution >= 0.6 is 0 Å². The molecule has 2 heteroatoms. The SMILES string of the molecule is CCCCCCCCCCCC1=C(CCCCCCCCCCC)[NH+](C)C=CN1C. The van der Waals surface area contributed by atoms with Gasteiger partial charge in [-0.25, -0.2) is 0 Å². The van der Waals surface area contributed by atoms with Gasteiger partial charge in [-0.3, -0.25) is 4.90 Å². The summed E-state index contributed by atoms with van der Waals surface area (Å²) in [5.74, 6) is 0. The molecule has 0 bridgehead atoms. The maximum Gasteiger partial charge on any atom is 0.131 e. The minimum Gasteiger partial charge on any atom is -0.345 e. The molecule has 1 aliphatic rings. The molecular formula is C28H55N2+. The first-order valence-electron chi connectivity index (χ1n) is 13.7. The molecular weight excluding hydrogens is 364 g/mol. The third kappa shape index (κ3) is 12.8. The molecule has 0 aromatic heterocycles. The predicted octanol–water partition coefficient (Wildman–Crippen LogP) is 7.97. The Morgan fingerprint density at radius 3 is 1.47 bits per heavy atom. The van der Waals surface area contributed by atoms with Crippen LogP contribution in [0.2, 0.25) is 0 Å². The highest BCUT2D eigenvalue weighted by Crippen LogP contribution is 2.21. The van der Waals surface area contributed by atoms with E-state index >= 15 is 0 Å². The summed E-state index contributed by atoms with van der Waals surface area (Å²) < 4.78 is 0. The fourth-order valence-electron chi connectivity index (χ4n) is 4.74. The van der Waals surface area contributed by atoms with Gasteiger partial charge in [-0.15, -0.1) is 0 Å². The Hall–Kier alpha value is -0.760. The van der Waals surface area contributed by atoms with Gasteiger partial charge in [-0.05, 0) is 19.3 Å². The lowest BCUT2D eigenvalue weighted by Crippen LogP contribution is -3.03. The Morgan fingerprint density at radius 2 is 1.00 bits per heavy atom. The lowest BCUT2D eigenvalue weighted by atomic mass is 10.0. The van der Waals surface area contributed by atoms with E-state index in [1.165, 1.54) is 133 Å². The third-order valence-electron chi connectivity index (χ3n) is 6.85. The highest BCUT2D eigenvalue weighted by Gasteiger charge is 2.21. The second-order valence-corrected chi connectivity index (χ2v) is 9.69. The van der Waals surface area contributed by atoms with Crippen LogP contribution in [-0.4, -0.2) is 19.0 Å². The first-order chi connectivity index (χ1) is 14.7. The standard InChI is InChI=1S/C28H54N2/c1-5-7-9-11-13-15-17-19-21-23-27-28(30(4)26-25-29(27)3)24-22-20-18-16-14-12-10-8-6-2/h25-26H,5-24H2,1-4H3/p+1. The van der Waals surface area contributed by atoms with Gasteiger partial charge in [-0.2, -0.15) is 0 Å². The van der Waals surface area contributed by atoms with Crippen molar-refractivity contribution in [1.82, 2.24) is 4.90 Å². The molecule has 30 heavy (non-hydrogen) atoms. The molecule has 1 unspecified atom stereocenters. The number of allylic oxidation sites excluding steroid dienone is 2. The number of hydrogen-bond donors (Lipinski definition) is 1. The average Bonchev–Trinajstić information content (AvgIpc) is 2.75. The minimum atomic E-state index is 1.26. The second-order valence-electron chi connectivity index (χ2n) is 9.69. The molecule has 1 aliphatic heterocycles. The van der Waals surface area contributed by atoms with Gasteiger partial charge in [0, 0.05) is 13.5 Å². The van der Waals surface area contributed by atoms with E-state index in [2.05, 4.69) is 45.2 Å². The van der Waals surface area contributed by atoms with Crippen molar-refractivity contribution < 1.29 is 4.90 Å². The molecule has 0 spiro atoms. The Labute approximate surface area is 190 Å². The molecule has 0 saturated heterocycles. The minimum absolute atomic E-state index is 1.26. The van der Waals surface area contributed by atoms with Gasteiger partial charge in [0.25, 0.3) is 0 Å². The molecule has 1 N–H and O–H groups in total. The largest absolute Gasteiger partial charge is 0.345 e. The fraction of sp³-hybridized carbons (Fsp3) is 0.857. The number of quaternary nitrogens is 1. The van der Waals surface area contributed by atoms with Crippen LogP contribution in [0.4, 0.5) is 0 Å². The van der Waals surface area contributed by atoms with Crippen LogP contribution in [-0.2, 0) is 0 Å². The first kappa shape index (κ1) is 27.3. The Kier molecular flexibility index (Phi) is 17.2. The van der Waals surface area contributed by atoms with Crippen molar-refractivity contribution in [3.8, 4) is 0 Å². The number of rotatable bonds is 20. The van der Waals surface area contributed by atoms with Crippen molar-refractivity contribution in [2.24, 2.45) is 0 Å². The third-order valence-corrected chi connectivity index (χ3v) is 6.85. The smallest absolute Gasteiger partial charge is 0.131 e. The quantitative estimate of drug-likeness (QED) is 0.197. The highest BCUT2D eigenvalue weighted by molar-refractivity contribution is 5.12. The molecule has 0 aromatic carbocycles. The van der Waals surface area contributed by atoms with E-state index in [-0.39, 0.29) is 0 Å². The van der Waals surface area contributed by atoms with Crippen molar-refractivity contribution in [3.63, 3.8) is 0 Å². The van der Waals surface area contributed by atoms with E-state index in [1.807, 2.05) is 0 Å². The summed E-state index contributed by atoms with van der Waals surface area (Å²) >= 11 is 0. The number of hydrogen-bond acceptors (Lipinski definition) is 1. The zero-order chi connectivity index (χ0) is 21.9. The Bertz CT molecular complexity index is 412. The zero-order valence-corrected chi connectivity index (χ0v) is 21.2. The molecule has 0 aliphatic carbocycles. The van der Waals surface area contributed by atoms with E-state index in [0.717, 1.165) is 0 Å². The van der Waals surface area contributed by atoms with Crippen LogP contribution in [0.1, 0.15) is 142 Å². The normalized spacial score (nSPS) is 16.7. The second kappa shape index (κ2) is 19.0. The number of nitrogens with zero attached hydrogens (tertiary/aromatic N) is 1. The van der Waals surface area contributed by atoms with E-state index in [0.29, 0.717) is 0 Å². The summed E-state index contributed by atoms with van der Waals surface area (Å²) in [4.78, 5) is 3.92. The molecule has 1 atom stereocenters. The van der Waals surface area contributed by atoms with Crippen LogP contribution in [0.25, 0.3) is 0 Å².